The van der Waals surface area contributed by atoms with Crippen LogP contribution in [0.3, 0.4) is 0 Å². The molecule has 13 unspecified atom stereocenters. The van der Waals surface area contributed by atoms with Crippen LogP contribution in [0.2, 0.25) is 0 Å². The van der Waals surface area contributed by atoms with Gasteiger partial charge in [-0.05, 0) is 118 Å². The van der Waals surface area contributed by atoms with Crippen LogP contribution in [0.25, 0.3) is 0 Å². The molecule has 4 saturated carbocycles. The maximum Gasteiger partial charge on any atom is 0.0640 e. The van der Waals surface area contributed by atoms with E-state index in [0.29, 0.717) is 50.4 Å². The summed E-state index contributed by atoms with van der Waals surface area (Å²) in [7, 11) is 0. The summed E-state index contributed by atoms with van der Waals surface area (Å²) in [6.45, 7) is -0.329. The standard InChI is InChI=1S/C32H58O9/c33-13-21-10-24(31(40)28(11-21)17-37)12-23-6-19(3-18-1-2-29(38)25(4-18)14-34)5-22(30(23)39)7-20-8-26(15-35)32(41)27(9-20)16-36/h18-41H,1-17H2. The number of aliphatic hydroxyl groups is 9. The summed E-state index contributed by atoms with van der Waals surface area (Å²) in [6, 6.07) is 0. The third-order valence-electron chi connectivity index (χ3n) is 11.9. The second-order valence-electron chi connectivity index (χ2n) is 14.7. The molecule has 0 heterocycles. The molecule has 0 spiro atoms. The van der Waals surface area contributed by atoms with Crippen LogP contribution in [-0.4, -0.2) is 103 Å². The Kier molecular flexibility index (Phi) is 12.7. The monoisotopic (exact) mass is 586 g/mol. The predicted molar refractivity (Wildman–Crippen MR) is 153 cm³/mol. The topological polar surface area (TPSA) is 182 Å². The van der Waals surface area contributed by atoms with E-state index in [4.69, 9.17) is 0 Å². The van der Waals surface area contributed by atoms with Crippen molar-refractivity contribution in [3.05, 3.63) is 0 Å². The number of hydrogen-bond acceptors (Lipinski definition) is 9. The second-order valence-corrected chi connectivity index (χ2v) is 14.7. The molecule has 0 aromatic rings. The van der Waals surface area contributed by atoms with E-state index in [-0.39, 0.29) is 86.3 Å². The Morgan fingerprint density at radius 3 is 1.27 bits per heavy atom. The zero-order valence-electron chi connectivity index (χ0n) is 24.7. The summed E-state index contributed by atoms with van der Waals surface area (Å²) in [5.74, 6) is 0.0328. The molecule has 13 atom stereocenters. The molecule has 4 aliphatic carbocycles. The number of hydrogen-bond donors (Lipinski definition) is 9. The molecule has 0 bridgehead atoms. The van der Waals surface area contributed by atoms with Crippen molar-refractivity contribution < 1.29 is 46.0 Å². The van der Waals surface area contributed by atoms with Gasteiger partial charge in [-0.3, -0.25) is 0 Å². The Labute approximate surface area is 245 Å². The lowest BCUT2D eigenvalue weighted by molar-refractivity contribution is -0.0797. The Bertz CT molecular complexity index is 755. The SMILES string of the molecule is OCC1CC(CO)C(O)C(CC2CC(CC3CCC(O)C(CO)C3)CC(CC3CC(CO)C(O)C(CO)C3)C2O)C1. The molecule has 4 rings (SSSR count). The van der Waals surface area contributed by atoms with Gasteiger partial charge in [-0.25, -0.2) is 0 Å². The molecule has 0 aromatic carbocycles. The van der Waals surface area contributed by atoms with Crippen molar-refractivity contribution >= 4 is 0 Å². The number of aliphatic hydroxyl groups excluding tert-OH is 9. The van der Waals surface area contributed by atoms with Gasteiger partial charge in [0, 0.05) is 56.7 Å². The van der Waals surface area contributed by atoms with E-state index >= 15 is 0 Å². The van der Waals surface area contributed by atoms with Crippen molar-refractivity contribution in [2.24, 2.45) is 65.1 Å². The summed E-state index contributed by atoms with van der Waals surface area (Å²) >= 11 is 0. The largest absolute Gasteiger partial charge is 0.396 e. The molecule has 0 radical (unpaired) electrons. The van der Waals surface area contributed by atoms with Gasteiger partial charge in [0.25, 0.3) is 0 Å². The van der Waals surface area contributed by atoms with Gasteiger partial charge >= 0.3 is 0 Å². The molecular formula is C32H58O9. The summed E-state index contributed by atoms with van der Waals surface area (Å²) in [4.78, 5) is 0. The van der Waals surface area contributed by atoms with Gasteiger partial charge in [0.15, 0.2) is 0 Å². The summed E-state index contributed by atoms with van der Waals surface area (Å²) in [6.07, 6.45) is 6.81. The van der Waals surface area contributed by atoms with Crippen LogP contribution < -0.4 is 0 Å². The van der Waals surface area contributed by atoms with Gasteiger partial charge in [-0.15, -0.1) is 0 Å². The smallest absolute Gasteiger partial charge is 0.0640 e. The molecule has 9 heteroatoms. The van der Waals surface area contributed by atoms with Crippen LogP contribution in [0.4, 0.5) is 0 Å². The van der Waals surface area contributed by atoms with Crippen LogP contribution in [-0.2, 0) is 0 Å². The quantitative estimate of drug-likeness (QED) is 0.170. The maximum absolute atomic E-state index is 11.8. The minimum absolute atomic E-state index is 0.00447. The van der Waals surface area contributed by atoms with E-state index in [1.807, 2.05) is 0 Å². The van der Waals surface area contributed by atoms with Gasteiger partial charge in [0.2, 0.25) is 0 Å². The van der Waals surface area contributed by atoms with E-state index in [0.717, 1.165) is 38.5 Å². The first-order valence-electron chi connectivity index (χ1n) is 16.5. The lowest BCUT2D eigenvalue weighted by Gasteiger charge is -2.47. The fraction of sp³-hybridized carbons (Fsp3) is 1.00. The van der Waals surface area contributed by atoms with Crippen LogP contribution in [0, 0.1) is 65.1 Å². The first kappa shape index (κ1) is 33.5. The van der Waals surface area contributed by atoms with Crippen LogP contribution in [0.1, 0.15) is 77.0 Å². The third-order valence-corrected chi connectivity index (χ3v) is 11.9. The second kappa shape index (κ2) is 15.6. The van der Waals surface area contributed by atoms with Gasteiger partial charge in [-0.2, -0.15) is 0 Å². The summed E-state index contributed by atoms with van der Waals surface area (Å²) < 4.78 is 0. The van der Waals surface area contributed by atoms with Crippen molar-refractivity contribution in [1.29, 1.82) is 0 Å². The molecule has 0 aromatic heterocycles. The van der Waals surface area contributed by atoms with Crippen molar-refractivity contribution in [1.82, 2.24) is 0 Å². The van der Waals surface area contributed by atoms with Crippen LogP contribution in [0.15, 0.2) is 0 Å². The fourth-order valence-corrected chi connectivity index (χ4v) is 9.68. The predicted octanol–water partition coefficient (Wildman–Crippen LogP) is 0.905. The lowest BCUT2D eigenvalue weighted by Crippen LogP contribution is -2.46. The van der Waals surface area contributed by atoms with E-state index < -0.39 is 24.4 Å². The van der Waals surface area contributed by atoms with Crippen molar-refractivity contribution in [3.8, 4) is 0 Å². The lowest BCUT2D eigenvalue weighted by atomic mass is 9.61. The van der Waals surface area contributed by atoms with Gasteiger partial charge in [0.05, 0.1) is 24.4 Å². The number of rotatable bonds is 11. The normalized spacial score (nSPS) is 47.8. The summed E-state index contributed by atoms with van der Waals surface area (Å²) in [5.41, 5.74) is 0. The molecule has 0 aliphatic heterocycles. The van der Waals surface area contributed by atoms with Gasteiger partial charge in [0.1, 0.15) is 0 Å². The molecule has 0 amide bonds. The average Bonchev–Trinajstić information content (AvgIpc) is 2.97. The minimum Gasteiger partial charge on any atom is -0.396 e. The average molecular weight is 587 g/mol. The molecule has 4 fully saturated rings. The van der Waals surface area contributed by atoms with Crippen molar-refractivity contribution in [3.63, 3.8) is 0 Å². The van der Waals surface area contributed by atoms with Crippen LogP contribution in [0.5, 0.6) is 0 Å². The zero-order valence-corrected chi connectivity index (χ0v) is 24.7. The maximum atomic E-state index is 11.8. The van der Waals surface area contributed by atoms with Crippen molar-refractivity contribution in [2.45, 2.75) is 101 Å². The molecule has 41 heavy (non-hydrogen) atoms. The van der Waals surface area contributed by atoms with E-state index in [1.54, 1.807) is 0 Å². The highest BCUT2D eigenvalue weighted by molar-refractivity contribution is 4.95. The Morgan fingerprint density at radius 2 is 0.732 bits per heavy atom. The fourth-order valence-electron chi connectivity index (χ4n) is 9.68. The minimum atomic E-state index is -0.717. The first-order valence-corrected chi connectivity index (χ1v) is 16.5. The van der Waals surface area contributed by atoms with Crippen LogP contribution >= 0.6 is 0 Å². The molecule has 0 saturated heterocycles. The highest BCUT2D eigenvalue weighted by Crippen LogP contribution is 2.48. The molecular weight excluding hydrogens is 528 g/mol. The molecule has 240 valence electrons. The van der Waals surface area contributed by atoms with E-state index in [1.165, 1.54) is 0 Å². The van der Waals surface area contributed by atoms with Gasteiger partial charge in [-0.1, -0.05) is 0 Å². The Morgan fingerprint density at radius 1 is 0.341 bits per heavy atom. The van der Waals surface area contributed by atoms with E-state index in [9.17, 15) is 46.0 Å². The first-order chi connectivity index (χ1) is 19.7. The molecule has 4 aliphatic rings. The Balaban J connectivity index is 1.49. The highest BCUT2D eigenvalue weighted by atomic mass is 16.3. The molecule has 9 N–H and O–H groups in total. The van der Waals surface area contributed by atoms with Crippen molar-refractivity contribution in [2.75, 3.05) is 33.0 Å². The zero-order chi connectivity index (χ0) is 29.7. The summed E-state index contributed by atoms with van der Waals surface area (Å²) in [5, 5.41) is 93.0. The Hall–Kier alpha value is -0.360. The highest BCUT2D eigenvalue weighted by Gasteiger charge is 2.45. The third kappa shape index (κ3) is 8.22. The molecule has 9 nitrogen and oxygen atoms in total. The van der Waals surface area contributed by atoms with E-state index in [2.05, 4.69) is 0 Å². The van der Waals surface area contributed by atoms with Gasteiger partial charge < -0.3 is 46.0 Å².